The highest BCUT2D eigenvalue weighted by atomic mass is 32.2. The molecule has 1 aliphatic rings. The number of nitrogens with one attached hydrogen (secondary N) is 2. The van der Waals surface area contributed by atoms with Gasteiger partial charge < -0.3 is 5.32 Å². The minimum atomic E-state index is -0.288. The Labute approximate surface area is 117 Å². The van der Waals surface area contributed by atoms with E-state index in [-0.39, 0.29) is 23.2 Å². The molecule has 1 aliphatic heterocycles. The molecule has 19 heavy (non-hydrogen) atoms. The van der Waals surface area contributed by atoms with Crippen molar-refractivity contribution in [1.29, 1.82) is 0 Å². The first-order valence-corrected chi connectivity index (χ1v) is 7.49. The van der Waals surface area contributed by atoms with Gasteiger partial charge >= 0.3 is 0 Å². The van der Waals surface area contributed by atoms with E-state index >= 15 is 0 Å². The second-order valence-corrected chi connectivity index (χ2v) is 6.41. The fourth-order valence-electron chi connectivity index (χ4n) is 2.01. The van der Waals surface area contributed by atoms with Gasteiger partial charge in [0, 0.05) is 23.6 Å². The molecule has 1 heterocycles. The molecule has 0 aromatic heterocycles. The van der Waals surface area contributed by atoms with E-state index in [0.29, 0.717) is 6.54 Å². The van der Waals surface area contributed by atoms with Crippen LogP contribution in [0.4, 0.5) is 4.39 Å². The molecule has 104 valence electrons. The van der Waals surface area contributed by atoms with Crippen LogP contribution < -0.4 is 10.6 Å². The van der Waals surface area contributed by atoms with Gasteiger partial charge in [-0.25, -0.2) is 4.39 Å². The molecule has 0 saturated carbocycles. The molecule has 1 aromatic rings. The fourth-order valence-corrected chi connectivity index (χ4v) is 2.95. The van der Waals surface area contributed by atoms with Crippen molar-refractivity contribution < 1.29 is 9.18 Å². The Hall–Kier alpha value is -1.07. The summed E-state index contributed by atoms with van der Waals surface area (Å²) in [5.41, 5.74) is 0.602. The Morgan fingerprint density at radius 1 is 1.58 bits per heavy atom. The molecule has 0 radical (unpaired) electrons. The number of thioether (sulfide) groups is 1. The standard InChI is InChI=1S/C14H19FN2OS/c1-14(2,10-4-3-5-11(15)6-10)8-16-13(18)12-7-19-9-17-12/h3-6,12,17H,7-9H2,1-2H3,(H,16,18). The lowest BCUT2D eigenvalue weighted by Gasteiger charge is -2.26. The normalized spacial score (nSPS) is 19.4. The topological polar surface area (TPSA) is 41.1 Å². The van der Waals surface area contributed by atoms with Crippen molar-refractivity contribution in [2.75, 3.05) is 18.2 Å². The van der Waals surface area contributed by atoms with Crippen molar-refractivity contribution in [3.05, 3.63) is 35.6 Å². The van der Waals surface area contributed by atoms with Crippen LogP contribution in [0.5, 0.6) is 0 Å². The van der Waals surface area contributed by atoms with Crippen molar-refractivity contribution in [3.63, 3.8) is 0 Å². The van der Waals surface area contributed by atoms with Crippen molar-refractivity contribution in [2.24, 2.45) is 0 Å². The van der Waals surface area contributed by atoms with Crippen LogP contribution in [0.1, 0.15) is 19.4 Å². The van der Waals surface area contributed by atoms with Crippen LogP contribution in [-0.4, -0.2) is 30.1 Å². The molecule has 1 fully saturated rings. The van der Waals surface area contributed by atoms with Crippen molar-refractivity contribution in [2.45, 2.75) is 25.3 Å². The van der Waals surface area contributed by atoms with E-state index in [1.54, 1.807) is 17.8 Å². The Bertz CT molecular complexity index is 459. The zero-order chi connectivity index (χ0) is 13.9. The van der Waals surface area contributed by atoms with E-state index in [4.69, 9.17) is 0 Å². The zero-order valence-corrected chi connectivity index (χ0v) is 12.0. The number of carbonyl (C=O) groups excluding carboxylic acids is 1. The quantitative estimate of drug-likeness (QED) is 0.886. The van der Waals surface area contributed by atoms with Crippen molar-refractivity contribution in [3.8, 4) is 0 Å². The van der Waals surface area contributed by atoms with Crippen molar-refractivity contribution in [1.82, 2.24) is 10.6 Å². The summed E-state index contributed by atoms with van der Waals surface area (Å²) in [6.07, 6.45) is 0. The maximum absolute atomic E-state index is 13.2. The lowest BCUT2D eigenvalue weighted by Crippen LogP contribution is -2.46. The van der Waals surface area contributed by atoms with E-state index in [9.17, 15) is 9.18 Å². The predicted octanol–water partition coefficient (Wildman–Crippen LogP) is 1.88. The van der Waals surface area contributed by atoms with Crippen LogP contribution in [0.25, 0.3) is 0 Å². The lowest BCUT2D eigenvalue weighted by molar-refractivity contribution is -0.122. The number of rotatable bonds is 4. The largest absolute Gasteiger partial charge is 0.354 e. The van der Waals surface area contributed by atoms with E-state index < -0.39 is 0 Å². The van der Waals surface area contributed by atoms with Gasteiger partial charge in [0.1, 0.15) is 5.82 Å². The number of halogens is 1. The molecule has 1 saturated heterocycles. The van der Waals surface area contributed by atoms with Gasteiger partial charge in [0.25, 0.3) is 0 Å². The van der Waals surface area contributed by atoms with Crippen LogP contribution in [0.3, 0.4) is 0 Å². The second kappa shape index (κ2) is 5.92. The van der Waals surface area contributed by atoms with Gasteiger partial charge in [-0.1, -0.05) is 26.0 Å². The second-order valence-electron chi connectivity index (χ2n) is 5.38. The molecule has 0 aliphatic carbocycles. The van der Waals surface area contributed by atoms with E-state index in [1.165, 1.54) is 12.1 Å². The third-order valence-corrected chi connectivity index (χ3v) is 4.28. The highest BCUT2D eigenvalue weighted by Crippen LogP contribution is 2.23. The molecule has 1 atom stereocenters. The summed E-state index contributed by atoms with van der Waals surface area (Å²) in [6.45, 7) is 4.50. The van der Waals surface area contributed by atoms with Crippen LogP contribution in [0.15, 0.2) is 24.3 Å². The number of hydrogen-bond donors (Lipinski definition) is 2. The highest BCUT2D eigenvalue weighted by Gasteiger charge is 2.26. The first-order chi connectivity index (χ1) is 8.99. The maximum atomic E-state index is 13.2. The summed E-state index contributed by atoms with van der Waals surface area (Å²) in [4.78, 5) is 11.9. The molecule has 3 nitrogen and oxygen atoms in total. The van der Waals surface area contributed by atoms with Gasteiger partial charge in [-0.3, -0.25) is 10.1 Å². The van der Waals surface area contributed by atoms with Gasteiger partial charge in [0.2, 0.25) is 5.91 Å². The van der Waals surface area contributed by atoms with Crippen LogP contribution in [0.2, 0.25) is 0 Å². The molecule has 2 rings (SSSR count). The summed E-state index contributed by atoms with van der Waals surface area (Å²) in [5, 5.41) is 6.08. The molecule has 1 unspecified atom stereocenters. The molecular formula is C14H19FN2OS. The predicted molar refractivity (Wildman–Crippen MR) is 76.7 cm³/mol. The third kappa shape index (κ3) is 3.70. The van der Waals surface area contributed by atoms with Gasteiger partial charge in [-0.15, -0.1) is 11.8 Å². The van der Waals surface area contributed by atoms with Crippen LogP contribution in [0, 0.1) is 5.82 Å². The Morgan fingerprint density at radius 2 is 2.37 bits per heavy atom. The summed E-state index contributed by atoms with van der Waals surface area (Å²) >= 11 is 1.72. The summed E-state index contributed by atoms with van der Waals surface area (Å²) in [5.74, 6) is 1.41. The summed E-state index contributed by atoms with van der Waals surface area (Å²) < 4.78 is 13.2. The number of carbonyl (C=O) groups is 1. The smallest absolute Gasteiger partial charge is 0.238 e. The fraction of sp³-hybridized carbons (Fsp3) is 0.500. The molecule has 1 amide bonds. The Kier molecular flexibility index (Phi) is 4.47. The lowest BCUT2D eigenvalue weighted by atomic mass is 9.84. The zero-order valence-electron chi connectivity index (χ0n) is 11.2. The van der Waals surface area contributed by atoms with E-state index in [1.807, 2.05) is 19.9 Å². The monoisotopic (exact) mass is 282 g/mol. The minimum Gasteiger partial charge on any atom is -0.354 e. The van der Waals surface area contributed by atoms with Gasteiger partial charge in [-0.05, 0) is 17.7 Å². The van der Waals surface area contributed by atoms with Crippen LogP contribution in [-0.2, 0) is 10.2 Å². The highest BCUT2D eigenvalue weighted by molar-refractivity contribution is 7.99. The molecule has 2 N–H and O–H groups in total. The first kappa shape index (κ1) is 14.3. The number of amides is 1. The SMILES string of the molecule is CC(C)(CNC(=O)C1CSCN1)c1cccc(F)c1. The van der Waals surface area contributed by atoms with Gasteiger partial charge in [-0.2, -0.15) is 0 Å². The number of hydrogen-bond acceptors (Lipinski definition) is 3. The third-order valence-electron chi connectivity index (χ3n) is 3.34. The average Bonchev–Trinajstić information content (AvgIpc) is 2.90. The maximum Gasteiger partial charge on any atom is 0.238 e. The van der Waals surface area contributed by atoms with Gasteiger partial charge in [0.05, 0.1) is 6.04 Å². The molecule has 1 aromatic carbocycles. The average molecular weight is 282 g/mol. The Balaban J connectivity index is 1.95. The summed E-state index contributed by atoms with van der Waals surface area (Å²) in [6, 6.07) is 6.43. The number of benzene rings is 1. The first-order valence-electron chi connectivity index (χ1n) is 6.34. The molecular weight excluding hydrogens is 263 g/mol. The van der Waals surface area contributed by atoms with E-state index in [2.05, 4.69) is 10.6 Å². The molecule has 0 spiro atoms. The van der Waals surface area contributed by atoms with Gasteiger partial charge in [0.15, 0.2) is 0 Å². The van der Waals surface area contributed by atoms with Crippen molar-refractivity contribution >= 4 is 17.7 Å². The summed E-state index contributed by atoms with van der Waals surface area (Å²) in [7, 11) is 0. The minimum absolute atomic E-state index is 0.0227. The molecule has 0 bridgehead atoms. The van der Waals surface area contributed by atoms with E-state index in [0.717, 1.165) is 17.2 Å². The Morgan fingerprint density at radius 3 is 3.00 bits per heavy atom. The van der Waals surface area contributed by atoms with Crippen LogP contribution >= 0.6 is 11.8 Å². The molecule has 5 heteroatoms.